The van der Waals surface area contributed by atoms with Crippen LogP contribution >= 0.6 is 0 Å². The molecule has 1 atom stereocenters. The molecule has 1 aromatic carbocycles. The van der Waals surface area contributed by atoms with Gasteiger partial charge in [0.1, 0.15) is 0 Å². The molecule has 1 amide bonds. The minimum absolute atomic E-state index is 0.0840. The molecule has 1 unspecified atom stereocenters. The predicted octanol–water partition coefficient (Wildman–Crippen LogP) is 2.10. The maximum Gasteiger partial charge on any atom is 0.247 e. The van der Waals surface area contributed by atoms with Crippen LogP contribution in [0.5, 0.6) is 0 Å². The summed E-state index contributed by atoms with van der Waals surface area (Å²) in [4.78, 5) is 16.0. The highest BCUT2D eigenvalue weighted by Gasteiger charge is 2.32. The highest BCUT2D eigenvalue weighted by Crippen LogP contribution is 2.23. The molecule has 6 heteroatoms. The molecule has 0 spiro atoms. The fourth-order valence-electron chi connectivity index (χ4n) is 2.98. The molecule has 1 aliphatic rings. The van der Waals surface area contributed by atoms with Crippen LogP contribution in [0.3, 0.4) is 0 Å². The second-order valence-electron chi connectivity index (χ2n) is 6.23. The maximum atomic E-state index is 12.2. The Morgan fingerprint density at radius 1 is 1.39 bits per heavy atom. The quantitative estimate of drug-likeness (QED) is 0.865. The van der Waals surface area contributed by atoms with Gasteiger partial charge in [-0.2, -0.15) is 0 Å². The van der Waals surface area contributed by atoms with Gasteiger partial charge in [0.15, 0.2) is 0 Å². The minimum Gasteiger partial charge on any atom is -0.419 e. The van der Waals surface area contributed by atoms with Crippen LogP contribution in [-0.2, 0) is 11.3 Å². The van der Waals surface area contributed by atoms with E-state index in [0.717, 1.165) is 30.5 Å². The van der Waals surface area contributed by atoms with Gasteiger partial charge in [0.05, 0.1) is 12.6 Å². The Bertz CT molecular complexity index is 695. The van der Waals surface area contributed by atoms with E-state index in [1.165, 1.54) is 0 Å². The molecule has 0 bridgehead atoms. The third kappa shape index (κ3) is 3.42. The number of likely N-dealkylation sites (tertiary alicyclic amines) is 1. The number of carbonyl (C=O) groups excluding carboxylic acids is 1. The fourth-order valence-corrected chi connectivity index (χ4v) is 2.98. The lowest BCUT2D eigenvalue weighted by atomic mass is 10.1. The molecule has 6 nitrogen and oxygen atoms in total. The monoisotopic (exact) mass is 314 g/mol. The summed E-state index contributed by atoms with van der Waals surface area (Å²) < 4.78 is 5.79. The van der Waals surface area contributed by atoms with Crippen molar-refractivity contribution in [1.82, 2.24) is 20.0 Å². The van der Waals surface area contributed by atoms with E-state index in [2.05, 4.69) is 15.1 Å². The molecule has 0 N–H and O–H groups in total. The molecule has 3 rings (SSSR count). The smallest absolute Gasteiger partial charge is 0.247 e. The van der Waals surface area contributed by atoms with Gasteiger partial charge in [-0.3, -0.25) is 9.69 Å². The van der Waals surface area contributed by atoms with Crippen LogP contribution in [0.4, 0.5) is 0 Å². The predicted molar refractivity (Wildman–Crippen MR) is 86.6 cm³/mol. The molecule has 1 fully saturated rings. The van der Waals surface area contributed by atoms with Gasteiger partial charge in [-0.1, -0.05) is 17.7 Å². The summed E-state index contributed by atoms with van der Waals surface area (Å²) in [6.45, 7) is 3.43. The summed E-state index contributed by atoms with van der Waals surface area (Å²) in [6.07, 6.45) is 1.90. The summed E-state index contributed by atoms with van der Waals surface area (Å²) >= 11 is 0. The van der Waals surface area contributed by atoms with Gasteiger partial charge >= 0.3 is 0 Å². The van der Waals surface area contributed by atoms with E-state index in [4.69, 9.17) is 4.42 Å². The number of benzene rings is 1. The van der Waals surface area contributed by atoms with Crippen LogP contribution in [0, 0.1) is 6.92 Å². The maximum absolute atomic E-state index is 12.2. The number of hydrogen-bond acceptors (Lipinski definition) is 5. The van der Waals surface area contributed by atoms with E-state index in [-0.39, 0.29) is 11.9 Å². The zero-order chi connectivity index (χ0) is 16.4. The molecular formula is C17H22N4O2. The molecule has 1 saturated heterocycles. The van der Waals surface area contributed by atoms with E-state index < -0.39 is 0 Å². The standard InChI is InChI=1S/C17H22N4O2/c1-12-6-4-7-13(10-12)16-19-18-15(23-16)11-21-9-5-8-14(21)17(22)20(2)3/h4,6-7,10,14H,5,8-9,11H2,1-3H3. The number of hydrogen-bond donors (Lipinski definition) is 0. The number of aromatic nitrogens is 2. The Morgan fingerprint density at radius 3 is 2.96 bits per heavy atom. The average molecular weight is 314 g/mol. The Kier molecular flexibility index (Phi) is 4.43. The van der Waals surface area contributed by atoms with E-state index >= 15 is 0 Å². The first kappa shape index (κ1) is 15.7. The number of amides is 1. The molecule has 1 aromatic heterocycles. The highest BCUT2D eigenvalue weighted by atomic mass is 16.4. The van der Waals surface area contributed by atoms with Crippen molar-refractivity contribution in [2.24, 2.45) is 0 Å². The normalized spacial score (nSPS) is 18.3. The van der Waals surface area contributed by atoms with E-state index in [1.54, 1.807) is 19.0 Å². The Balaban J connectivity index is 1.73. The second kappa shape index (κ2) is 6.50. The number of nitrogens with zero attached hydrogens (tertiary/aromatic N) is 4. The molecule has 1 aliphatic heterocycles. The number of aryl methyl sites for hydroxylation is 1. The lowest BCUT2D eigenvalue weighted by Gasteiger charge is -2.24. The Labute approximate surface area is 136 Å². The topological polar surface area (TPSA) is 62.5 Å². The summed E-state index contributed by atoms with van der Waals surface area (Å²) in [5.74, 6) is 1.22. The van der Waals surface area contributed by atoms with Crippen LogP contribution in [0.2, 0.25) is 0 Å². The number of rotatable bonds is 4. The first-order chi connectivity index (χ1) is 11.0. The second-order valence-corrected chi connectivity index (χ2v) is 6.23. The summed E-state index contributed by atoms with van der Waals surface area (Å²) in [5, 5.41) is 8.28. The van der Waals surface area contributed by atoms with Gasteiger partial charge < -0.3 is 9.32 Å². The van der Waals surface area contributed by atoms with Crippen molar-refractivity contribution < 1.29 is 9.21 Å². The summed E-state index contributed by atoms with van der Waals surface area (Å²) in [7, 11) is 3.59. The zero-order valence-electron chi connectivity index (χ0n) is 13.8. The lowest BCUT2D eigenvalue weighted by Crippen LogP contribution is -2.42. The molecule has 2 aromatic rings. The van der Waals surface area contributed by atoms with Crippen molar-refractivity contribution in [2.75, 3.05) is 20.6 Å². The highest BCUT2D eigenvalue weighted by molar-refractivity contribution is 5.81. The zero-order valence-corrected chi connectivity index (χ0v) is 13.8. The van der Waals surface area contributed by atoms with Gasteiger partial charge in [-0.25, -0.2) is 0 Å². The molecule has 0 radical (unpaired) electrons. The van der Waals surface area contributed by atoms with Crippen molar-refractivity contribution >= 4 is 5.91 Å². The number of likely N-dealkylation sites (N-methyl/N-ethyl adjacent to an activating group) is 1. The van der Waals surface area contributed by atoms with Gasteiger partial charge in [0.25, 0.3) is 0 Å². The van der Waals surface area contributed by atoms with Gasteiger partial charge in [0.2, 0.25) is 17.7 Å². The van der Waals surface area contributed by atoms with Gasteiger partial charge in [0, 0.05) is 19.7 Å². The van der Waals surface area contributed by atoms with Crippen LogP contribution in [-0.4, -0.2) is 52.6 Å². The van der Waals surface area contributed by atoms with E-state index in [9.17, 15) is 4.79 Å². The fraction of sp³-hybridized carbons (Fsp3) is 0.471. The van der Waals surface area contributed by atoms with E-state index in [0.29, 0.717) is 18.3 Å². The molecule has 0 aliphatic carbocycles. The largest absolute Gasteiger partial charge is 0.419 e. The van der Waals surface area contributed by atoms with Crippen LogP contribution in [0.15, 0.2) is 28.7 Å². The van der Waals surface area contributed by atoms with Gasteiger partial charge in [-0.15, -0.1) is 10.2 Å². The summed E-state index contributed by atoms with van der Waals surface area (Å²) in [5.41, 5.74) is 2.07. The molecule has 2 heterocycles. The van der Waals surface area contributed by atoms with Crippen molar-refractivity contribution in [3.63, 3.8) is 0 Å². The van der Waals surface area contributed by atoms with Gasteiger partial charge in [-0.05, 0) is 38.4 Å². The third-order valence-electron chi connectivity index (χ3n) is 4.16. The molecule has 122 valence electrons. The molecular weight excluding hydrogens is 292 g/mol. The van der Waals surface area contributed by atoms with E-state index in [1.807, 2.05) is 31.2 Å². The van der Waals surface area contributed by atoms with Crippen LogP contribution in [0.1, 0.15) is 24.3 Å². The lowest BCUT2D eigenvalue weighted by molar-refractivity contribution is -0.133. The molecule has 23 heavy (non-hydrogen) atoms. The molecule has 0 saturated carbocycles. The first-order valence-electron chi connectivity index (χ1n) is 7.89. The van der Waals surface area contributed by atoms with Crippen molar-refractivity contribution in [3.05, 3.63) is 35.7 Å². The van der Waals surface area contributed by atoms with Crippen LogP contribution < -0.4 is 0 Å². The Hall–Kier alpha value is -2.21. The SMILES string of the molecule is Cc1cccc(-c2nnc(CN3CCCC3C(=O)N(C)C)o2)c1. The third-order valence-corrected chi connectivity index (χ3v) is 4.16. The Morgan fingerprint density at radius 2 is 2.22 bits per heavy atom. The summed E-state index contributed by atoms with van der Waals surface area (Å²) in [6, 6.07) is 7.90. The van der Waals surface area contributed by atoms with Crippen molar-refractivity contribution in [3.8, 4) is 11.5 Å². The average Bonchev–Trinajstić information content (AvgIpc) is 3.16. The van der Waals surface area contributed by atoms with Crippen molar-refractivity contribution in [1.29, 1.82) is 0 Å². The van der Waals surface area contributed by atoms with Crippen molar-refractivity contribution in [2.45, 2.75) is 32.4 Å². The first-order valence-corrected chi connectivity index (χ1v) is 7.89. The van der Waals surface area contributed by atoms with Crippen LogP contribution in [0.25, 0.3) is 11.5 Å². The minimum atomic E-state index is -0.0840. The number of carbonyl (C=O) groups is 1.